The first-order valence-electron chi connectivity index (χ1n) is 6.72. The predicted octanol–water partition coefficient (Wildman–Crippen LogP) is 3.19. The summed E-state index contributed by atoms with van der Waals surface area (Å²) in [5, 5.41) is 11.4. The molecule has 1 heterocycles. The van der Waals surface area contributed by atoms with E-state index in [0.29, 0.717) is 36.0 Å². The van der Waals surface area contributed by atoms with Gasteiger partial charge in [0.2, 0.25) is 0 Å². The number of hydrogen-bond donors (Lipinski definition) is 0. The van der Waals surface area contributed by atoms with Crippen molar-refractivity contribution in [2.75, 3.05) is 6.61 Å². The normalized spacial score (nSPS) is 10.5. The Morgan fingerprint density at radius 1 is 1.23 bits per heavy atom. The zero-order valence-corrected chi connectivity index (χ0v) is 12.7. The van der Waals surface area contributed by atoms with Crippen molar-refractivity contribution in [1.82, 2.24) is 4.57 Å². The van der Waals surface area contributed by atoms with Gasteiger partial charge in [-0.05, 0) is 43.7 Å². The summed E-state index contributed by atoms with van der Waals surface area (Å²) in [7, 11) is 0. The lowest BCUT2D eigenvalue weighted by atomic mass is 10.3. The van der Waals surface area contributed by atoms with Crippen LogP contribution in [0.3, 0.4) is 0 Å². The Morgan fingerprint density at radius 2 is 1.91 bits per heavy atom. The maximum absolute atomic E-state index is 12.0. The maximum atomic E-state index is 12.0. The van der Waals surface area contributed by atoms with E-state index in [-0.39, 0.29) is 0 Å². The number of aromatic nitrogens is 1. The third kappa shape index (κ3) is 3.85. The molecule has 2 aromatic rings. The molecule has 1 aromatic heterocycles. The molecule has 6 nitrogen and oxygen atoms in total. The van der Waals surface area contributed by atoms with Gasteiger partial charge in [0.25, 0.3) is 0 Å². The smallest absolute Gasteiger partial charge is 0.334 e. The van der Waals surface area contributed by atoms with E-state index >= 15 is 0 Å². The fourth-order valence-corrected chi connectivity index (χ4v) is 2.15. The molecule has 0 unspecified atom stereocenters. The number of nitrogens with zero attached hydrogens (tertiary/aromatic N) is 2. The van der Waals surface area contributed by atoms with Crippen molar-refractivity contribution in [2.45, 2.75) is 19.9 Å². The zero-order valence-electron chi connectivity index (χ0n) is 12.0. The average Bonchev–Trinajstić information content (AvgIpc) is 2.47. The second-order valence-electron chi connectivity index (χ2n) is 4.73. The van der Waals surface area contributed by atoms with Crippen LogP contribution in [-0.4, -0.2) is 16.1 Å². The highest BCUT2D eigenvalue weighted by Gasteiger charge is 2.15. The van der Waals surface area contributed by atoms with Crippen molar-refractivity contribution in [1.29, 1.82) is 0 Å². The van der Waals surface area contributed by atoms with E-state index in [1.54, 1.807) is 37.3 Å². The highest BCUT2D eigenvalue weighted by Crippen LogP contribution is 2.15. The summed E-state index contributed by atoms with van der Waals surface area (Å²) in [4.78, 5) is 22.1. The average molecular weight is 323 g/mol. The highest BCUT2D eigenvalue weighted by atomic mass is 35.5. The van der Waals surface area contributed by atoms with Crippen molar-refractivity contribution in [3.63, 3.8) is 0 Å². The van der Waals surface area contributed by atoms with Gasteiger partial charge in [0, 0.05) is 23.3 Å². The van der Waals surface area contributed by atoms with Crippen LogP contribution in [0.1, 0.15) is 12.1 Å². The first kappa shape index (κ1) is 16.0. The molecule has 7 heteroatoms. The summed E-state index contributed by atoms with van der Waals surface area (Å²) in [6.45, 7) is 2.50. The monoisotopic (exact) mass is 322 g/mol. The fraction of sp³-hybridized carbons (Fsp3) is 0.267. The molecule has 0 aliphatic rings. The van der Waals surface area contributed by atoms with Gasteiger partial charge in [-0.25, -0.2) is 0 Å². The van der Waals surface area contributed by atoms with Crippen molar-refractivity contribution in [2.24, 2.45) is 0 Å². The topological polar surface area (TPSA) is 74.4 Å². The van der Waals surface area contributed by atoms with E-state index < -0.39 is 16.2 Å². The molecule has 116 valence electrons. The van der Waals surface area contributed by atoms with E-state index in [0.717, 1.165) is 0 Å². The molecule has 0 aliphatic carbocycles. The van der Waals surface area contributed by atoms with Gasteiger partial charge in [0.05, 0.1) is 11.5 Å². The minimum Gasteiger partial charge on any atom is -0.494 e. The Bertz CT molecular complexity index is 725. The minimum absolute atomic E-state index is 0.361. The van der Waals surface area contributed by atoms with E-state index in [1.807, 2.05) is 0 Å². The molecular weight excluding hydrogens is 308 g/mol. The number of rotatable bonds is 6. The van der Waals surface area contributed by atoms with Gasteiger partial charge in [-0.3, -0.25) is 14.9 Å². The Labute approximate surface area is 132 Å². The Hall–Kier alpha value is -2.34. The van der Waals surface area contributed by atoms with Gasteiger partial charge < -0.3 is 9.30 Å². The number of benzene rings is 1. The van der Waals surface area contributed by atoms with Gasteiger partial charge in [-0.2, -0.15) is 0 Å². The Balaban J connectivity index is 1.97. The van der Waals surface area contributed by atoms with Crippen molar-refractivity contribution >= 4 is 17.3 Å². The largest absolute Gasteiger partial charge is 0.494 e. The zero-order chi connectivity index (χ0) is 16.1. The summed E-state index contributed by atoms with van der Waals surface area (Å²) in [5.41, 5.74) is -0.317. The van der Waals surface area contributed by atoms with E-state index in [9.17, 15) is 14.9 Å². The Morgan fingerprint density at radius 3 is 2.55 bits per heavy atom. The summed E-state index contributed by atoms with van der Waals surface area (Å²) in [5.74, 6) is 0.688. The van der Waals surface area contributed by atoms with Gasteiger partial charge in [0.15, 0.2) is 0 Å². The number of halogens is 1. The first-order valence-corrected chi connectivity index (χ1v) is 7.10. The van der Waals surface area contributed by atoms with Gasteiger partial charge in [0.1, 0.15) is 5.75 Å². The molecule has 2 rings (SSSR count). The van der Waals surface area contributed by atoms with E-state index in [2.05, 4.69) is 0 Å². The molecule has 1 aromatic carbocycles. The summed E-state index contributed by atoms with van der Waals surface area (Å²) in [6.07, 6.45) is 0.560. The number of aryl methyl sites for hydroxylation is 1. The number of hydrogen-bond acceptors (Lipinski definition) is 4. The van der Waals surface area contributed by atoms with Crippen LogP contribution in [0.15, 0.2) is 41.2 Å². The quantitative estimate of drug-likeness (QED) is 0.465. The van der Waals surface area contributed by atoms with Crippen LogP contribution in [0.5, 0.6) is 5.75 Å². The van der Waals surface area contributed by atoms with Crippen LogP contribution < -0.4 is 10.3 Å². The molecule has 0 saturated carbocycles. The lowest BCUT2D eigenvalue weighted by Crippen LogP contribution is -2.25. The third-order valence-corrected chi connectivity index (χ3v) is 3.43. The van der Waals surface area contributed by atoms with Gasteiger partial charge >= 0.3 is 11.2 Å². The number of nitro groups is 1. The van der Waals surface area contributed by atoms with Crippen LogP contribution in [0.2, 0.25) is 5.02 Å². The van der Waals surface area contributed by atoms with Crippen LogP contribution in [0.25, 0.3) is 0 Å². The number of ether oxygens (including phenoxy) is 1. The first-order chi connectivity index (χ1) is 10.5. The second kappa shape index (κ2) is 7.09. The lowest BCUT2D eigenvalue weighted by molar-refractivity contribution is -0.386. The van der Waals surface area contributed by atoms with Crippen LogP contribution in [0, 0.1) is 17.0 Å². The predicted molar refractivity (Wildman–Crippen MR) is 83.7 cm³/mol. The molecule has 0 aliphatic heterocycles. The summed E-state index contributed by atoms with van der Waals surface area (Å²) in [6, 6.07) is 9.77. The second-order valence-corrected chi connectivity index (χ2v) is 5.17. The number of pyridine rings is 1. The molecule has 0 fully saturated rings. The van der Waals surface area contributed by atoms with Crippen LogP contribution in [-0.2, 0) is 6.54 Å². The maximum Gasteiger partial charge on any atom is 0.334 e. The molecule has 0 bridgehead atoms. The van der Waals surface area contributed by atoms with E-state index in [4.69, 9.17) is 16.3 Å². The fourth-order valence-electron chi connectivity index (χ4n) is 2.02. The van der Waals surface area contributed by atoms with Crippen LogP contribution >= 0.6 is 11.6 Å². The molecule has 22 heavy (non-hydrogen) atoms. The SMILES string of the molecule is Cc1ccc([N+](=O)[O-])c(=O)n1CCCOc1ccc(Cl)cc1. The Kier molecular flexibility index (Phi) is 5.16. The molecule has 0 amide bonds. The summed E-state index contributed by atoms with van der Waals surface area (Å²) >= 11 is 5.78. The summed E-state index contributed by atoms with van der Waals surface area (Å²) < 4.78 is 6.92. The van der Waals surface area contributed by atoms with Gasteiger partial charge in [-0.1, -0.05) is 11.6 Å². The molecule has 0 radical (unpaired) electrons. The van der Waals surface area contributed by atoms with Crippen molar-refractivity contribution in [3.05, 3.63) is 67.6 Å². The van der Waals surface area contributed by atoms with Crippen molar-refractivity contribution < 1.29 is 9.66 Å². The third-order valence-electron chi connectivity index (χ3n) is 3.18. The lowest BCUT2D eigenvalue weighted by Gasteiger charge is -2.10. The van der Waals surface area contributed by atoms with Crippen LogP contribution in [0.4, 0.5) is 5.69 Å². The molecule has 0 N–H and O–H groups in total. The highest BCUT2D eigenvalue weighted by molar-refractivity contribution is 6.30. The standard InChI is InChI=1S/C15H15ClN2O4/c1-11-3-8-14(18(20)21)15(19)17(11)9-2-10-22-13-6-4-12(16)5-7-13/h3-8H,2,9-10H2,1H3. The molecule has 0 atom stereocenters. The molecule has 0 spiro atoms. The minimum atomic E-state index is -0.664. The van der Waals surface area contributed by atoms with Crippen molar-refractivity contribution in [3.8, 4) is 5.75 Å². The molecule has 0 saturated heterocycles. The molecular formula is C15H15ClN2O4. The van der Waals surface area contributed by atoms with E-state index in [1.165, 1.54) is 10.6 Å². The van der Waals surface area contributed by atoms with Gasteiger partial charge in [-0.15, -0.1) is 0 Å².